The van der Waals surface area contributed by atoms with Crippen LogP contribution in [-0.2, 0) is 16.0 Å². The number of carbonyl (C=O) groups excluding carboxylic acids is 3. The van der Waals surface area contributed by atoms with Crippen LogP contribution in [0.25, 0.3) is 0 Å². The van der Waals surface area contributed by atoms with Crippen LogP contribution in [0.5, 0.6) is 5.75 Å². The van der Waals surface area contributed by atoms with E-state index in [1.54, 1.807) is 42.3 Å². The van der Waals surface area contributed by atoms with Crippen molar-refractivity contribution >= 4 is 29.0 Å². The van der Waals surface area contributed by atoms with Gasteiger partial charge in [-0.25, -0.2) is 0 Å². The zero-order valence-corrected chi connectivity index (χ0v) is 17.0. The van der Waals surface area contributed by atoms with Gasteiger partial charge in [-0.15, -0.1) is 0 Å². The van der Waals surface area contributed by atoms with Crippen LogP contribution in [0.3, 0.4) is 0 Å². The van der Waals surface area contributed by atoms with Crippen LogP contribution in [-0.4, -0.2) is 31.3 Å². The van der Waals surface area contributed by atoms with Crippen molar-refractivity contribution in [1.82, 2.24) is 0 Å². The monoisotopic (exact) mass is 394 g/mol. The lowest BCUT2D eigenvalue weighted by Gasteiger charge is -2.19. The fraction of sp³-hybridized carbons (Fsp3) is 0.348. The van der Waals surface area contributed by atoms with Crippen LogP contribution >= 0.6 is 0 Å². The van der Waals surface area contributed by atoms with E-state index < -0.39 is 0 Å². The van der Waals surface area contributed by atoms with Gasteiger partial charge in [-0.3, -0.25) is 14.4 Å². The summed E-state index contributed by atoms with van der Waals surface area (Å²) in [6.07, 6.45) is 1.02. The molecule has 1 N–H and O–H groups in total. The normalized spacial score (nSPS) is 12.6. The average Bonchev–Trinajstić information content (AvgIpc) is 3.14. The highest BCUT2D eigenvalue weighted by atomic mass is 16.5. The smallest absolute Gasteiger partial charge is 0.229 e. The molecule has 0 saturated carbocycles. The summed E-state index contributed by atoms with van der Waals surface area (Å²) >= 11 is 0. The Morgan fingerprint density at radius 2 is 1.79 bits per heavy atom. The van der Waals surface area contributed by atoms with Crippen molar-refractivity contribution in [3.8, 4) is 5.75 Å². The third-order valence-electron chi connectivity index (χ3n) is 5.01. The van der Waals surface area contributed by atoms with Gasteiger partial charge >= 0.3 is 0 Å². The molecule has 2 amide bonds. The molecule has 2 aromatic carbocycles. The summed E-state index contributed by atoms with van der Waals surface area (Å²) in [5, 5.41) is 2.85. The summed E-state index contributed by atoms with van der Waals surface area (Å²) in [5.41, 5.74) is 3.21. The Balaban J connectivity index is 1.56. The fourth-order valence-electron chi connectivity index (χ4n) is 3.39. The number of methoxy groups -OCH3 is 1. The van der Waals surface area contributed by atoms with Crippen molar-refractivity contribution in [2.75, 3.05) is 23.9 Å². The maximum atomic E-state index is 12.3. The van der Waals surface area contributed by atoms with Gasteiger partial charge in [-0.2, -0.15) is 0 Å². The molecule has 1 aliphatic heterocycles. The molecule has 3 rings (SSSR count). The number of anilines is 2. The largest absolute Gasteiger partial charge is 0.497 e. The Morgan fingerprint density at radius 1 is 1.07 bits per heavy atom. The lowest BCUT2D eigenvalue weighted by atomic mass is 10.1. The number of hydrogen-bond acceptors (Lipinski definition) is 4. The molecule has 1 aliphatic rings. The zero-order valence-electron chi connectivity index (χ0n) is 17.0. The van der Waals surface area contributed by atoms with Crippen LogP contribution in [0.15, 0.2) is 42.5 Å². The van der Waals surface area contributed by atoms with Gasteiger partial charge in [0.15, 0.2) is 5.78 Å². The highest BCUT2D eigenvalue weighted by molar-refractivity contribution is 6.00. The fourth-order valence-corrected chi connectivity index (χ4v) is 3.39. The molecule has 6 nitrogen and oxygen atoms in total. The summed E-state index contributed by atoms with van der Waals surface area (Å²) in [6, 6.07) is 12.4. The first-order valence-corrected chi connectivity index (χ1v) is 9.80. The summed E-state index contributed by atoms with van der Waals surface area (Å²) in [4.78, 5) is 38.6. The number of ketones is 1. The number of benzene rings is 2. The molecule has 0 radical (unpaired) electrons. The van der Waals surface area contributed by atoms with Crippen molar-refractivity contribution in [3.05, 3.63) is 53.6 Å². The molecule has 0 fully saturated rings. The number of nitrogens with one attached hydrogen (secondary N) is 1. The van der Waals surface area contributed by atoms with Crippen molar-refractivity contribution in [3.63, 3.8) is 0 Å². The van der Waals surface area contributed by atoms with E-state index in [-0.39, 0.29) is 36.4 Å². The quantitative estimate of drug-likeness (QED) is 0.724. The van der Waals surface area contributed by atoms with Gasteiger partial charge in [0.2, 0.25) is 11.8 Å². The third-order valence-corrected chi connectivity index (χ3v) is 5.01. The Kier molecular flexibility index (Phi) is 6.32. The van der Waals surface area contributed by atoms with E-state index in [4.69, 9.17) is 4.74 Å². The van der Waals surface area contributed by atoms with E-state index in [0.29, 0.717) is 23.5 Å². The minimum Gasteiger partial charge on any atom is -0.497 e. The predicted octanol–water partition coefficient (Wildman–Crippen LogP) is 3.84. The molecule has 29 heavy (non-hydrogen) atoms. The standard InChI is InChI=1S/C23H26N2O4/c1-15(2)23(28)25-13-12-17-14-18(6-9-20(17)25)24-22(27)11-10-21(26)16-4-7-19(29-3)8-5-16/h4-9,14-15H,10-13H2,1-3H3,(H,24,27). The molecule has 152 valence electrons. The molecule has 2 aromatic rings. The first kappa shape index (κ1) is 20.6. The zero-order chi connectivity index (χ0) is 21.0. The molecular weight excluding hydrogens is 368 g/mol. The van der Waals surface area contributed by atoms with E-state index >= 15 is 0 Å². The average molecular weight is 394 g/mol. The van der Waals surface area contributed by atoms with Gasteiger partial charge in [0.25, 0.3) is 0 Å². The molecule has 0 bridgehead atoms. The summed E-state index contributed by atoms with van der Waals surface area (Å²) < 4.78 is 5.08. The maximum absolute atomic E-state index is 12.3. The summed E-state index contributed by atoms with van der Waals surface area (Å²) in [6.45, 7) is 4.45. The minimum absolute atomic E-state index is 0.0523. The SMILES string of the molecule is COc1ccc(C(=O)CCC(=O)Nc2ccc3c(c2)CCN3C(=O)C(C)C)cc1. The van der Waals surface area contributed by atoms with Crippen molar-refractivity contribution in [1.29, 1.82) is 0 Å². The number of carbonyl (C=O) groups is 3. The second-order valence-electron chi connectivity index (χ2n) is 7.44. The highest BCUT2D eigenvalue weighted by Gasteiger charge is 2.26. The van der Waals surface area contributed by atoms with Gasteiger partial charge in [-0.05, 0) is 54.4 Å². The predicted molar refractivity (Wildman–Crippen MR) is 113 cm³/mol. The van der Waals surface area contributed by atoms with Crippen LogP contribution in [0.1, 0.15) is 42.6 Å². The van der Waals surface area contributed by atoms with Crippen molar-refractivity contribution < 1.29 is 19.1 Å². The number of ether oxygens (including phenoxy) is 1. The van der Waals surface area contributed by atoms with E-state index in [9.17, 15) is 14.4 Å². The number of rotatable bonds is 7. The summed E-state index contributed by atoms with van der Waals surface area (Å²) in [5.74, 6) is 0.449. The van der Waals surface area contributed by atoms with Crippen LogP contribution in [0, 0.1) is 5.92 Å². The first-order chi connectivity index (χ1) is 13.9. The van der Waals surface area contributed by atoms with Crippen molar-refractivity contribution in [2.45, 2.75) is 33.1 Å². The molecule has 0 aliphatic carbocycles. The molecular formula is C23H26N2O4. The Hall–Kier alpha value is -3.15. The Morgan fingerprint density at radius 3 is 2.45 bits per heavy atom. The first-order valence-electron chi connectivity index (χ1n) is 9.80. The van der Waals surface area contributed by atoms with E-state index in [1.165, 1.54) is 0 Å². The Bertz CT molecular complexity index is 919. The number of hydrogen-bond donors (Lipinski definition) is 1. The van der Waals surface area contributed by atoms with Crippen LogP contribution in [0.4, 0.5) is 11.4 Å². The second-order valence-corrected chi connectivity index (χ2v) is 7.44. The molecule has 0 spiro atoms. The topological polar surface area (TPSA) is 75.7 Å². The lowest BCUT2D eigenvalue weighted by Crippen LogP contribution is -2.32. The molecule has 0 aromatic heterocycles. The van der Waals surface area contributed by atoms with E-state index in [2.05, 4.69) is 5.32 Å². The minimum atomic E-state index is -0.208. The molecule has 0 unspecified atom stereocenters. The number of amides is 2. The maximum Gasteiger partial charge on any atom is 0.229 e. The number of nitrogens with zero attached hydrogens (tertiary/aromatic N) is 1. The molecule has 6 heteroatoms. The molecule has 1 heterocycles. The third kappa shape index (κ3) is 4.83. The van der Waals surface area contributed by atoms with Gasteiger partial charge in [-0.1, -0.05) is 13.8 Å². The van der Waals surface area contributed by atoms with Gasteiger partial charge in [0.1, 0.15) is 5.75 Å². The number of fused-ring (bicyclic) bond motifs is 1. The Labute approximate surface area is 170 Å². The lowest BCUT2D eigenvalue weighted by molar-refractivity contribution is -0.121. The highest BCUT2D eigenvalue weighted by Crippen LogP contribution is 2.31. The molecule has 0 atom stereocenters. The van der Waals surface area contributed by atoms with Crippen LogP contribution in [0.2, 0.25) is 0 Å². The summed E-state index contributed by atoms with van der Waals surface area (Å²) in [7, 11) is 1.57. The number of Topliss-reactive ketones (excluding diaryl/α,β-unsaturated/α-hetero) is 1. The van der Waals surface area contributed by atoms with Crippen LogP contribution < -0.4 is 15.0 Å². The van der Waals surface area contributed by atoms with Gasteiger partial charge < -0.3 is 15.0 Å². The van der Waals surface area contributed by atoms with Gasteiger partial charge in [0, 0.05) is 42.2 Å². The van der Waals surface area contributed by atoms with E-state index in [1.807, 2.05) is 26.0 Å². The van der Waals surface area contributed by atoms with E-state index in [0.717, 1.165) is 17.7 Å². The van der Waals surface area contributed by atoms with Crippen molar-refractivity contribution in [2.24, 2.45) is 5.92 Å². The van der Waals surface area contributed by atoms with Gasteiger partial charge in [0.05, 0.1) is 7.11 Å². The second kappa shape index (κ2) is 8.90. The molecule has 0 saturated heterocycles.